The van der Waals surface area contributed by atoms with Crippen LogP contribution in [0, 0.1) is 17.8 Å². The summed E-state index contributed by atoms with van der Waals surface area (Å²) in [4.78, 5) is 12.3. The number of nitrogens with two attached hydrogens (primary N) is 1. The molecule has 2 rings (SSSR count). The van der Waals surface area contributed by atoms with Gasteiger partial charge in [-0.3, -0.25) is 4.79 Å². The maximum absolute atomic E-state index is 11.8. The molecule has 0 aromatic heterocycles. The van der Waals surface area contributed by atoms with Crippen LogP contribution in [0.3, 0.4) is 0 Å². The van der Waals surface area contributed by atoms with Crippen LogP contribution in [0.5, 0.6) is 0 Å². The molecule has 2 unspecified atom stereocenters. The highest BCUT2D eigenvalue weighted by Gasteiger charge is 2.37. The average Bonchev–Trinajstić information content (AvgIpc) is 3.03. The van der Waals surface area contributed by atoms with Crippen molar-refractivity contribution in [3.05, 3.63) is 0 Å². The van der Waals surface area contributed by atoms with Crippen molar-refractivity contribution in [2.45, 2.75) is 38.6 Å². The lowest BCUT2D eigenvalue weighted by molar-refractivity contribution is -0.125. The Morgan fingerprint density at radius 2 is 1.87 bits per heavy atom. The van der Waals surface area contributed by atoms with E-state index in [0.29, 0.717) is 16.8 Å². The lowest BCUT2D eigenvalue weighted by Crippen LogP contribution is -2.47. The minimum absolute atomic E-state index is 0.0614. The minimum Gasteiger partial charge on any atom is -0.392 e. The van der Waals surface area contributed by atoms with Gasteiger partial charge in [0, 0.05) is 5.92 Å². The highest BCUT2D eigenvalue weighted by Crippen LogP contribution is 2.37. The lowest BCUT2D eigenvalue weighted by atomic mass is 10.0. The lowest BCUT2D eigenvalue weighted by Gasteiger charge is -2.19. The van der Waals surface area contributed by atoms with E-state index in [9.17, 15) is 4.79 Å². The van der Waals surface area contributed by atoms with Crippen molar-refractivity contribution in [1.29, 1.82) is 0 Å². The summed E-state index contributed by atoms with van der Waals surface area (Å²) in [6.07, 6.45) is 4.66. The monoisotopic (exact) mass is 226 g/mol. The standard InChI is InChI=1S/C11H18N2OS/c1-6(7-2-3-7)11(14)13-9(10(12)15)8-4-5-8/h6-9H,2-5H2,1H3,(H2,12,15)(H,13,14). The number of hydrogen-bond donors (Lipinski definition) is 2. The van der Waals surface area contributed by atoms with Crippen LogP contribution in [0.15, 0.2) is 0 Å². The summed E-state index contributed by atoms with van der Waals surface area (Å²) in [5, 5.41) is 2.99. The molecule has 1 amide bonds. The number of rotatable bonds is 5. The molecule has 15 heavy (non-hydrogen) atoms. The normalized spacial score (nSPS) is 24.3. The molecule has 2 aliphatic carbocycles. The fourth-order valence-corrected chi connectivity index (χ4v) is 2.20. The van der Waals surface area contributed by atoms with Crippen molar-refractivity contribution in [2.75, 3.05) is 0 Å². The number of carbonyl (C=O) groups is 1. The summed E-state index contributed by atoms with van der Waals surface area (Å²) < 4.78 is 0. The Labute approximate surface area is 95.8 Å². The maximum atomic E-state index is 11.8. The van der Waals surface area contributed by atoms with Crippen LogP contribution < -0.4 is 11.1 Å². The first-order chi connectivity index (χ1) is 7.09. The van der Waals surface area contributed by atoms with Crippen LogP contribution in [0.4, 0.5) is 0 Å². The first kappa shape index (κ1) is 10.9. The largest absolute Gasteiger partial charge is 0.392 e. The first-order valence-electron chi connectivity index (χ1n) is 5.69. The third-order valence-corrected chi connectivity index (χ3v) is 3.69. The summed E-state index contributed by atoms with van der Waals surface area (Å²) in [7, 11) is 0. The molecule has 3 nitrogen and oxygen atoms in total. The predicted octanol–water partition coefficient (Wildman–Crippen LogP) is 1.21. The fraction of sp³-hybridized carbons (Fsp3) is 0.818. The van der Waals surface area contributed by atoms with Gasteiger partial charge in [-0.25, -0.2) is 0 Å². The third kappa shape index (κ3) is 2.68. The molecule has 0 aromatic carbocycles. The SMILES string of the molecule is CC(C(=O)NC(C(N)=S)C1CC1)C1CC1. The molecule has 0 aliphatic heterocycles. The summed E-state index contributed by atoms with van der Waals surface area (Å²) in [6, 6.07) is -0.0614. The molecule has 0 bridgehead atoms. The Bertz CT molecular complexity index is 284. The molecule has 0 radical (unpaired) electrons. The highest BCUT2D eigenvalue weighted by atomic mass is 32.1. The van der Waals surface area contributed by atoms with Crippen LogP contribution in [-0.2, 0) is 4.79 Å². The summed E-state index contributed by atoms with van der Waals surface area (Å²) >= 11 is 4.98. The second kappa shape index (κ2) is 4.08. The first-order valence-corrected chi connectivity index (χ1v) is 6.10. The van der Waals surface area contributed by atoms with Gasteiger partial charge in [0.05, 0.1) is 11.0 Å². The molecule has 2 fully saturated rings. The van der Waals surface area contributed by atoms with Gasteiger partial charge in [0.2, 0.25) is 5.91 Å². The Kier molecular flexibility index (Phi) is 2.96. The van der Waals surface area contributed by atoms with Gasteiger partial charge in [0.1, 0.15) is 0 Å². The van der Waals surface area contributed by atoms with E-state index in [0.717, 1.165) is 12.8 Å². The molecule has 3 N–H and O–H groups in total. The fourth-order valence-electron chi connectivity index (χ4n) is 1.95. The molecule has 0 saturated heterocycles. The van der Waals surface area contributed by atoms with E-state index in [2.05, 4.69) is 5.32 Å². The minimum atomic E-state index is -0.0614. The van der Waals surface area contributed by atoms with Crippen molar-refractivity contribution >= 4 is 23.1 Å². The van der Waals surface area contributed by atoms with Gasteiger partial charge in [-0.05, 0) is 37.5 Å². The van der Waals surface area contributed by atoms with Gasteiger partial charge in [-0.15, -0.1) is 0 Å². The zero-order valence-electron chi connectivity index (χ0n) is 9.03. The number of nitrogens with one attached hydrogen (secondary N) is 1. The van der Waals surface area contributed by atoms with Gasteiger partial charge in [-0.1, -0.05) is 19.1 Å². The van der Waals surface area contributed by atoms with E-state index in [1.54, 1.807) is 0 Å². The molecule has 0 aromatic rings. The van der Waals surface area contributed by atoms with Crippen molar-refractivity contribution in [3.63, 3.8) is 0 Å². The van der Waals surface area contributed by atoms with E-state index in [4.69, 9.17) is 18.0 Å². The number of thiocarbonyl (C=S) groups is 1. The molecule has 2 atom stereocenters. The number of carbonyl (C=O) groups excluding carboxylic acids is 1. The molecule has 2 saturated carbocycles. The Morgan fingerprint density at radius 3 is 2.27 bits per heavy atom. The van der Waals surface area contributed by atoms with Gasteiger partial charge < -0.3 is 11.1 Å². The predicted molar refractivity (Wildman–Crippen MR) is 63.3 cm³/mol. The Balaban J connectivity index is 1.87. The second-order valence-corrected chi connectivity index (χ2v) is 5.32. The Morgan fingerprint density at radius 1 is 1.33 bits per heavy atom. The van der Waals surface area contributed by atoms with E-state index in [1.807, 2.05) is 6.92 Å². The van der Waals surface area contributed by atoms with Gasteiger partial charge in [0.15, 0.2) is 0 Å². The zero-order chi connectivity index (χ0) is 11.0. The van der Waals surface area contributed by atoms with E-state index < -0.39 is 0 Å². The molecular formula is C11H18N2OS. The Hall–Kier alpha value is -0.640. The van der Waals surface area contributed by atoms with Crippen molar-refractivity contribution < 1.29 is 4.79 Å². The summed E-state index contributed by atoms with van der Waals surface area (Å²) in [5.41, 5.74) is 5.63. The number of hydrogen-bond acceptors (Lipinski definition) is 2. The zero-order valence-corrected chi connectivity index (χ0v) is 9.85. The highest BCUT2D eigenvalue weighted by molar-refractivity contribution is 7.80. The maximum Gasteiger partial charge on any atom is 0.223 e. The molecular weight excluding hydrogens is 208 g/mol. The van der Waals surface area contributed by atoms with Gasteiger partial charge >= 0.3 is 0 Å². The van der Waals surface area contributed by atoms with E-state index in [1.165, 1.54) is 12.8 Å². The quantitative estimate of drug-likeness (QED) is 0.693. The van der Waals surface area contributed by atoms with Crippen LogP contribution in [0.2, 0.25) is 0 Å². The number of amides is 1. The second-order valence-electron chi connectivity index (χ2n) is 4.85. The van der Waals surface area contributed by atoms with E-state index in [-0.39, 0.29) is 17.9 Å². The van der Waals surface area contributed by atoms with Gasteiger partial charge in [0.25, 0.3) is 0 Å². The molecule has 84 valence electrons. The average molecular weight is 226 g/mol. The smallest absolute Gasteiger partial charge is 0.223 e. The molecule has 0 spiro atoms. The van der Waals surface area contributed by atoms with Crippen LogP contribution in [0.25, 0.3) is 0 Å². The van der Waals surface area contributed by atoms with Crippen molar-refractivity contribution in [3.8, 4) is 0 Å². The third-order valence-electron chi connectivity index (χ3n) is 3.44. The topological polar surface area (TPSA) is 55.1 Å². The van der Waals surface area contributed by atoms with Crippen LogP contribution in [0.1, 0.15) is 32.6 Å². The van der Waals surface area contributed by atoms with Crippen LogP contribution >= 0.6 is 12.2 Å². The van der Waals surface area contributed by atoms with Gasteiger partial charge in [-0.2, -0.15) is 0 Å². The van der Waals surface area contributed by atoms with E-state index >= 15 is 0 Å². The van der Waals surface area contributed by atoms with Crippen molar-refractivity contribution in [2.24, 2.45) is 23.5 Å². The molecule has 4 heteroatoms. The molecule has 0 heterocycles. The summed E-state index contributed by atoms with van der Waals surface area (Å²) in [6.45, 7) is 2.00. The molecule has 2 aliphatic rings. The van der Waals surface area contributed by atoms with Crippen molar-refractivity contribution in [1.82, 2.24) is 5.32 Å². The summed E-state index contributed by atoms with van der Waals surface area (Å²) in [5.74, 6) is 1.34. The van der Waals surface area contributed by atoms with Crippen LogP contribution in [-0.4, -0.2) is 16.9 Å².